The number of ether oxygens (including phenoxy) is 2. The van der Waals surface area contributed by atoms with Crippen LogP contribution in [0, 0.1) is 5.82 Å². The van der Waals surface area contributed by atoms with Gasteiger partial charge in [-0.15, -0.1) is 11.8 Å². The van der Waals surface area contributed by atoms with Gasteiger partial charge in [-0.25, -0.2) is 9.07 Å². The van der Waals surface area contributed by atoms with Crippen LogP contribution >= 0.6 is 11.8 Å². The second-order valence-electron chi connectivity index (χ2n) is 11.2. The minimum atomic E-state index is -0.530. The van der Waals surface area contributed by atoms with E-state index in [1.165, 1.54) is 23.9 Å². The molecule has 0 saturated carbocycles. The second-order valence-corrected chi connectivity index (χ2v) is 12.3. The highest BCUT2D eigenvalue weighted by molar-refractivity contribution is 8.00. The average Bonchev–Trinajstić information content (AvgIpc) is 3.35. The number of hydrogen-bond acceptors (Lipinski definition) is 6. The molecule has 8 nitrogen and oxygen atoms in total. The van der Waals surface area contributed by atoms with E-state index in [1.807, 2.05) is 74.0 Å². The zero-order valence-corrected chi connectivity index (χ0v) is 25.7. The van der Waals surface area contributed by atoms with E-state index in [9.17, 15) is 14.0 Å². The van der Waals surface area contributed by atoms with Crippen LogP contribution < -0.4 is 19.7 Å². The zero-order valence-electron chi connectivity index (χ0n) is 24.9. The second kappa shape index (κ2) is 12.5. The van der Waals surface area contributed by atoms with Crippen molar-refractivity contribution in [2.75, 3.05) is 31.4 Å². The molecule has 0 bridgehead atoms. The van der Waals surface area contributed by atoms with E-state index < -0.39 is 5.54 Å². The van der Waals surface area contributed by atoms with Gasteiger partial charge < -0.3 is 14.8 Å². The van der Waals surface area contributed by atoms with Crippen molar-refractivity contribution in [3.63, 3.8) is 0 Å². The monoisotopic (exact) mass is 602 g/mol. The highest BCUT2D eigenvalue weighted by Gasteiger charge is 2.40. The fraction of sp³-hybridized carbons (Fsp3) is 0.303. The molecule has 0 spiro atoms. The van der Waals surface area contributed by atoms with E-state index in [-0.39, 0.29) is 41.7 Å². The predicted octanol–water partition coefficient (Wildman–Crippen LogP) is 5.95. The first-order valence-electron chi connectivity index (χ1n) is 13.9. The van der Waals surface area contributed by atoms with Gasteiger partial charge in [-0.1, -0.05) is 42.5 Å². The van der Waals surface area contributed by atoms with Crippen LogP contribution in [0.1, 0.15) is 42.7 Å². The minimum Gasteiger partial charge on any atom is -0.497 e. The molecular weight excluding hydrogens is 567 g/mol. The third kappa shape index (κ3) is 6.39. The summed E-state index contributed by atoms with van der Waals surface area (Å²) in [5, 5.41) is 7.64. The summed E-state index contributed by atoms with van der Waals surface area (Å²) in [6.07, 6.45) is 0. The van der Waals surface area contributed by atoms with E-state index in [0.717, 1.165) is 27.9 Å². The van der Waals surface area contributed by atoms with Crippen molar-refractivity contribution >= 4 is 29.4 Å². The lowest BCUT2D eigenvalue weighted by Gasteiger charge is -2.29. The number of fused-ring (bicyclic) bond motifs is 1. The van der Waals surface area contributed by atoms with Gasteiger partial charge in [0.2, 0.25) is 11.8 Å². The largest absolute Gasteiger partial charge is 0.497 e. The lowest BCUT2D eigenvalue weighted by Crippen LogP contribution is -2.43. The smallest absolute Gasteiger partial charge is 0.240 e. The van der Waals surface area contributed by atoms with Gasteiger partial charge in [0.15, 0.2) is 0 Å². The Kier molecular flexibility index (Phi) is 8.77. The van der Waals surface area contributed by atoms with E-state index in [2.05, 4.69) is 5.32 Å². The van der Waals surface area contributed by atoms with Crippen molar-refractivity contribution < 1.29 is 23.5 Å². The summed E-state index contributed by atoms with van der Waals surface area (Å²) in [7, 11) is 3.23. The fourth-order valence-corrected chi connectivity index (χ4v) is 6.30. The molecule has 0 aliphatic carbocycles. The Balaban J connectivity index is 1.66. The number of anilines is 1. The van der Waals surface area contributed by atoms with E-state index in [1.54, 1.807) is 31.3 Å². The van der Waals surface area contributed by atoms with Gasteiger partial charge >= 0.3 is 0 Å². The van der Waals surface area contributed by atoms with Gasteiger partial charge in [0.1, 0.15) is 29.7 Å². The lowest BCUT2D eigenvalue weighted by molar-refractivity contribution is -0.123. The number of benzene rings is 3. The Labute approximate surface area is 255 Å². The summed E-state index contributed by atoms with van der Waals surface area (Å²) in [5.41, 5.74) is 3.50. The molecule has 1 aliphatic rings. The van der Waals surface area contributed by atoms with Gasteiger partial charge in [0.05, 0.1) is 36.5 Å². The Morgan fingerprint density at radius 1 is 1.05 bits per heavy atom. The molecule has 1 unspecified atom stereocenters. The highest BCUT2D eigenvalue weighted by atomic mass is 32.2. The zero-order chi connectivity index (χ0) is 30.7. The molecule has 10 heteroatoms. The predicted molar refractivity (Wildman–Crippen MR) is 167 cm³/mol. The molecule has 43 heavy (non-hydrogen) atoms. The van der Waals surface area contributed by atoms with Gasteiger partial charge in [-0.2, -0.15) is 5.10 Å². The van der Waals surface area contributed by atoms with E-state index >= 15 is 0 Å². The number of halogens is 1. The Hall–Kier alpha value is -4.31. The number of methoxy groups -OCH3 is 2. The van der Waals surface area contributed by atoms with E-state index in [0.29, 0.717) is 17.3 Å². The first-order valence-corrected chi connectivity index (χ1v) is 15.0. The van der Waals surface area contributed by atoms with Gasteiger partial charge in [-0.3, -0.25) is 14.5 Å². The van der Waals surface area contributed by atoms with Crippen LogP contribution in [0.4, 0.5) is 10.2 Å². The summed E-state index contributed by atoms with van der Waals surface area (Å²) >= 11 is 1.46. The molecule has 0 radical (unpaired) electrons. The Morgan fingerprint density at radius 3 is 2.42 bits per heavy atom. The average molecular weight is 603 g/mol. The first kappa shape index (κ1) is 30.2. The molecule has 2 amide bonds. The van der Waals surface area contributed by atoms with Gasteiger partial charge in [-0.05, 0) is 56.7 Å². The summed E-state index contributed by atoms with van der Waals surface area (Å²) in [6, 6.07) is 21.4. The summed E-state index contributed by atoms with van der Waals surface area (Å²) in [4.78, 5) is 28.8. The topological polar surface area (TPSA) is 85.7 Å². The van der Waals surface area contributed by atoms with Crippen LogP contribution in [0.5, 0.6) is 11.5 Å². The maximum Gasteiger partial charge on any atom is 0.240 e. The maximum atomic E-state index is 13.9. The van der Waals surface area contributed by atoms with Gasteiger partial charge in [0, 0.05) is 23.2 Å². The molecule has 1 aromatic heterocycles. The van der Waals surface area contributed by atoms with Crippen LogP contribution in [0.3, 0.4) is 0 Å². The van der Waals surface area contributed by atoms with Crippen molar-refractivity contribution in [1.29, 1.82) is 0 Å². The van der Waals surface area contributed by atoms with Crippen molar-refractivity contribution in [2.24, 2.45) is 0 Å². The number of carbonyl (C=O) groups is 2. The molecule has 0 saturated heterocycles. The molecule has 1 aliphatic heterocycles. The third-order valence-electron chi connectivity index (χ3n) is 7.20. The van der Waals surface area contributed by atoms with Crippen molar-refractivity contribution in [2.45, 2.75) is 38.1 Å². The number of carbonyl (C=O) groups excluding carboxylic acids is 2. The number of aromatic nitrogens is 2. The summed E-state index contributed by atoms with van der Waals surface area (Å²) in [5.74, 6) is 1.12. The number of amides is 2. The van der Waals surface area contributed by atoms with Crippen molar-refractivity contribution in [1.82, 2.24) is 15.1 Å². The Morgan fingerprint density at radius 2 is 1.77 bits per heavy atom. The van der Waals surface area contributed by atoms with Crippen molar-refractivity contribution in [3.8, 4) is 22.8 Å². The molecule has 0 fully saturated rings. The third-order valence-corrected chi connectivity index (χ3v) is 8.43. The normalized spacial score (nSPS) is 15.1. The lowest BCUT2D eigenvalue weighted by atomic mass is 9.98. The molecule has 5 rings (SSSR count). The van der Waals surface area contributed by atoms with Gasteiger partial charge in [0.25, 0.3) is 0 Å². The fourth-order valence-electron chi connectivity index (χ4n) is 5.09. The summed E-state index contributed by atoms with van der Waals surface area (Å²) in [6.45, 7) is 6.06. The molecule has 4 aromatic rings. The number of nitrogens with one attached hydrogen (secondary N) is 1. The minimum absolute atomic E-state index is 0.128. The molecule has 3 aromatic carbocycles. The van der Waals surface area contributed by atoms with E-state index in [4.69, 9.17) is 14.6 Å². The van der Waals surface area contributed by atoms with Crippen LogP contribution in [0.25, 0.3) is 11.3 Å². The maximum absolute atomic E-state index is 13.9. The van der Waals surface area contributed by atoms with Crippen LogP contribution in [0.2, 0.25) is 0 Å². The van der Waals surface area contributed by atoms with Crippen LogP contribution in [-0.4, -0.2) is 48.1 Å². The number of rotatable bonds is 8. The standard InChI is InChI=1S/C33H35FN4O4S/c1-33(2,3)38-32-29(30(36-38)22-9-7-6-8-10-22)31(25-17-24(41-4)15-16-26(25)42-5)43-20-28(40)37(32)19-27(39)35-18-21-11-13-23(34)14-12-21/h6-17,31H,18-20H2,1-5H3,(H,35,39). The highest BCUT2D eigenvalue weighted by Crippen LogP contribution is 2.51. The Bertz CT molecular complexity index is 1620. The molecular formula is C33H35FN4O4S. The number of nitrogens with zero attached hydrogens (tertiary/aromatic N) is 3. The summed E-state index contributed by atoms with van der Waals surface area (Å²) < 4.78 is 26.6. The SMILES string of the molecule is COc1ccc(OC)c(C2SCC(=O)N(CC(=O)NCc3ccc(F)cc3)c3c2c(-c2ccccc2)nn3C(C)(C)C)c1. The molecule has 224 valence electrons. The molecule has 1 N–H and O–H groups in total. The molecule has 1 atom stereocenters. The van der Waals surface area contributed by atoms with Crippen LogP contribution in [-0.2, 0) is 21.7 Å². The molecule has 2 heterocycles. The number of hydrogen-bond donors (Lipinski definition) is 1. The quantitative estimate of drug-likeness (QED) is 0.269. The van der Waals surface area contributed by atoms with Crippen LogP contribution in [0.15, 0.2) is 72.8 Å². The first-order chi connectivity index (χ1) is 20.6. The number of thioether (sulfide) groups is 1. The van der Waals surface area contributed by atoms with Crippen molar-refractivity contribution in [3.05, 3.63) is 95.3 Å².